The number of rotatable bonds is 10. The number of likely N-dealkylation sites (N-methyl/N-ethyl adjacent to an activating group) is 1. The molecule has 0 aliphatic heterocycles. The predicted molar refractivity (Wildman–Crippen MR) is 88.9 cm³/mol. The van der Waals surface area contributed by atoms with Crippen molar-refractivity contribution in [2.24, 2.45) is 0 Å². The van der Waals surface area contributed by atoms with E-state index in [1.54, 1.807) is 11.8 Å². The van der Waals surface area contributed by atoms with E-state index in [2.05, 4.69) is 5.32 Å². The Bertz CT molecular complexity index is 424. The average Bonchev–Trinajstić information content (AvgIpc) is 2.50. The number of nitrogens with one attached hydrogen (secondary N) is 1. The standard InChI is InChI=1S/C15H26N2O5S/c1-5-17(6-2)15(21)12(16-11(4)18)10-23-14(20)9-8-13(19)22-7-3/h12H,5-10H2,1-4H3,(H,16,18)/t12-/m0/s1. The molecule has 0 heterocycles. The topological polar surface area (TPSA) is 92.8 Å². The monoisotopic (exact) mass is 346 g/mol. The number of carbonyl (C=O) groups excluding carboxylic acids is 4. The molecule has 0 radical (unpaired) electrons. The quantitative estimate of drug-likeness (QED) is 0.592. The van der Waals surface area contributed by atoms with Gasteiger partial charge in [-0.25, -0.2) is 0 Å². The maximum Gasteiger partial charge on any atom is 0.306 e. The first-order chi connectivity index (χ1) is 10.8. The van der Waals surface area contributed by atoms with Gasteiger partial charge in [0.25, 0.3) is 0 Å². The molecule has 132 valence electrons. The van der Waals surface area contributed by atoms with Gasteiger partial charge in [-0.15, -0.1) is 0 Å². The van der Waals surface area contributed by atoms with Crippen LogP contribution in [0.2, 0.25) is 0 Å². The van der Waals surface area contributed by atoms with Crippen molar-refractivity contribution in [3.8, 4) is 0 Å². The molecule has 0 rings (SSSR count). The molecule has 0 aliphatic rings. The fourth-order valence-corrected chi connectivity index (χ4v) is 2.69. The minimum absolute atomic E-state index is 0.0223. The minimum atomic E-state index is -0.746. The van der Waals surface area contributed by atoms with E-state index >= 15 is 0 Å². The Morgan fingerprint density at radius 3 is 2.17 bits per heavy atom. The molecule has 0 aromatic carbocycles. The van der Waals surface area contributed by atoms with Gasteiger partial charge >= 0.3 is 5.97 Å². The Hall–Kier alpha value is -1.57. The molecule has 0 bridgehead atoms. The highest BCUT2D eigenvalue weighted by Gasteiger charge is 2.24. The van der Waals surface area contributed by atoms with Gasteiger partial charge in [0.15, 0.2) is 5.12 Å². The lowest BCUT2D eigenvalue weighted by atomic mass is 10.2. The van der Waals surface area contributed by atoms with Crippen molar-refractivity contribution >= 4 is 34.7 Å². The fraction of sp³-hybridized carbons (Fsp3) is 0.733. The molecule has 0 unspecified atom stereocenters. The predicted octanol–water partition coefficient (Wildman–Crippen LogP) is 0.963. The zero-order valence-electron chi connectivity index (χ0n) is 14.2. The van der Waals surface area contributed by atoms with Crippen molar-refractivity contribution in [3.05, 3.63) is 0 Å². The Labute approximate surface area is 141 Å². The van der Waals surface area contributed by atoms with E-state index in [4.69, 9.17) is 4.74 Å². The number of carbonyl (C=O) groups is 4. The molecular formula is C15H26N2O5S. The Balaban J connectivity index is 4.49. The fourth-order valence-electron chi connectivity index (χ4n) is 1.86. The molecule has 0 saturated carbocycles. The molecule has 0 aromatic heterocycles. The number of ether oxygens (including phenoxy) is 1. The second-order valence-corrected chi connectivity index (χ2v) is 5.83. The van der Waals surface area contributed by atoms with Gasteiger partial charge in [-0.1, -0.05) is 11.8 Å². The Kier molecular flexibility index (Phi) is 11.1. The van der Waals surface area contributed by atoms with Crippen molar-refractivity contribution in [2.45, 2.75) is 46.6 Å². The van der Waals surface area contributed by atoms with E-state index in [0.29, 0.717) is 13.1 Å². The first-order valence-electron chi connectivity index (χ1n) is 7.72. The first kappa shape index (κ1) is 21.4. The van der Waals surface area contributed by atoms with Crippen LogP contribution < -0.4 is 5.32 Å². The zero-order chi connectivity index (χ0) is 17.8. The summed E-state index contributed by atoms with van der Waals surface area (Å²) in [6.45, 7) is 8.08. The molecule has 23 heavy (non-hydrogen) atoms. The summed E-state index contributed by atoms with van der Waals surface area (Å²) in [6.07, 6.45) is 0.0736. The van der Waals surface area contributed by atoms with Crippen LogP contribution in [0.15, 0.2) is 0 Å². The lowest BCUT2D eigenvalue weighted by molar-refractivity contribution is -0.143. The van der Waals surface area contributed by atoms with Crippen LogP contribution >= 0.6 is 11.8 Å². The lowest BCUT2D eigenvalue weighted by Crippen LogP contribution is -2.49. The summed E-state index contributed by atoms with van der Waals surface area (Å²) in [5.41, 5.74) is 0. The van der Waals surface area contributed by atoms with Gasteiger partial charge in [-0.2, -0.15) is 0 Å². The summed E-state index contributed by atoms with van der Waals surface area (Å²) >= 11 is 0.944. The third-order valence-electron chi connectivity index (χ3n) is 3.00. The van der Waals surface area contributed by atoms with Crippen molar-refractivity contribution < 1.29 is 23.9 Å². The number of esters is 1. The lowest BCUT2D eigenvalue weighted by Gasteiger charge is -2.25. The van der Waals surface area contributed by atoms with E-state index < -0.39 is 12.0 Å². The summed E-state index contributed by atoms with van der Waals surface area (Å²) < 4.78 is 4.75. The minimum Gasteiger partial charge on any atom is -0.466 e. The van der Waals surface area contributed by atoms with Gasteiger partial charge in [0.05, 0.1) is 13.0 Å². The SMILES string of the molecule is CCOC(=O)CCC(=O)SC[C@H](NC(C)=O)C(=O)N(CC)CC. The summed E-state index contributed by atoms with van der Waals surface area (Å²) in [5, 5.41) is 2.37. The average molecular weight is 346 g/mol. The van der Waals surface area contributed by atoms with Crippen LogP contribution in [0.25, 0.3) is 0 Å². The molecule has 0 aliphatic carbocycles. The van der Waals surface area contributed by atoms with Gasteiger partial charge in [-0.05, 0) is 20.8 Å². The molecule has 2 amide bonds. The van der Waals surface area contributed by atoms with Crippen LogP contribution in [0.3, 0.4) is 0 Å². The van der Waals surface area contributed by atoms with E-state index in [1.165, 1.54) is 6.92 Å². The Morgan fingerprint density at radius 2 is 1.70 bits per heavy atom. The molecule has 0 aromatic rings. The number of amides is 2. The number of hydrogen-bond acceptors (Lipinski definition) is 6. The highest BCUT2D eigenvalue weighted by molar-refractivity contribution is 8.13. The van der Waals surface area contributed by atoms with Gasteiger partial charge < -0.3 is 15.0 Å². The van der Waals surface area contributed by atoms with Crippen molar-refractivity contribution in [1.82, 2.24) is 10.2 Å². The number of thioether (sulfide) groups is 1. The summed E-state index contributed by atoms with van der Waals surface area (Å²) in [5.74, 6) is -0.804. The number of hydrogen-bond donors (Lipinski definition) is 1. The molecule has 0 fully saturated rings. The maximum absolute atomic E-state index is 12.3. The molecule has 1 atom stereocenters. The van der Waals surface area contributed by atoms with E-state index in [0.717, 1.165) is 11.8 Å². The van der Waals surface area contributed by atoms with Crippen molar-refractivity contribution in [3.63, 3.8) is 0 Å². The van der Waals surface area contributed by atoms with Gasteiger partial charge in [0.1, 0.15) is 6.04 Å². The molecular weight excluding hydrogens is 320 g/mol. The van der Waals surface area contributed by atoms with E-state index in [1.807, 2.05) is 13.8 Å². The van der Waals surface area contributed by atoms with E-state index in [9.17, 15) is 19.2 Å². The molecule has 0 saturated heterocycles. The van der Waals surface area contributed by atoms with Gasteiger partial charge in [-0.3, -0.25) is 19.2 Å². The van der Waals surface area contributed by atoms with Crippen molar-refractivity contribution in [1.29, 1.82) is 0 Å². The van der Waals surface area contributed by atoms with Crippen LogP contribution in [0.5, 0.6) is 0 Å². The third-order valence-corrected chi connectivity index (χ3v) is 4.03. The summed E-state index contributed by atoms with van der Waals surface area (Å²) in [7, 11) is 0. The van der Waals surface area contributed by atoms with E-state index in [-0.39, 0.29) is 42.1 Å². The van der Waals surface area contributed by atoms with Crippen LogP contribution in [-0.2, 0) is 23.9 Å². The highest BCUT2D eigenvalue weighted by atomic mass is 32.2. The third kappa shape index (κ3) is 9.22. The normalized spacial score (nSPS) is 11.5. The maximum atomic E-state index is 12.3. The van der Waals surface area contributed by atoms with Crippen LogP contribution in [0, 0.1) is 0 Å². The first-order valence-corrected chi connectivity index (χ1v) is 8.71. The molecule has 8 heteroatoms. The molecule has 1 N–H and O–H groups in total. The molecule has 7 nitrogen and oxygen atoms in total. The van der Waals surface area contributed by atoms with Gasteiger partial charge in [0, 0.05) is 32.2 Å². The zero-order valence-corrected chi connectivity index (χ0v) is 15.0. The smallest absolute Gasteiger partial charge is 0.306 e. The summed E-state index contributed by atoms with van der Waals surface area (Å²) in [6, 6.07) is -0.746. The number of nitrogens with zero attached hydrogens (tertiary/aromatic N) is 1. The summed E-state index contributed by atoms with van der Waals surface area (Å²) in [4.78, 5) is 48.2. The largest absolute Gasteiger partial charge is 0.466 e. The van der Waals surface area contributed by atoms with Crippen LogP contribution in [0.4, 0.5) is 0 Å². The second-order valence-electron chi connectivity index (χ2n) is 4.75. The van der Waals surface area contributed by atoms with Crippen LogP contribution in [0.1, 0.15) is 40.5 Å². The van der Waals surface area contributed by atoms with Crippen molar-refractivity contribution in [2.75, 3.05) is 25.4 Å². The van der Waals surface area contributed by atoms with Gasteiger partial charge in [0.2, 0.25) is 11.8 Å². The Morgan fingerprint density at radius 1 is 1.09 bits per heavy atom. The molecule has 0 spiro atoms. The highest BCUT2D eigenvalue weighted by Crippen LogP contribution is 2.11. The van der Waals surface area contributed by atoms with Crippen LogP contribution in [-0.4, -0.2) is 59.3 Å². The second kappa shape index (κ2) is 11.9.